The minimum absolute atomic E-state index is 0.217. The van der Waals surface area contributed by atoms with Gasteiger partial charge < -0.3 is 14.2 Å². The van der Waals surface area contributed by atoms with Crippen molar-refractivity contribution in [1.29, 1.82) is 0 Å². The molecule has 3 rings (SSSR count). The second-order valence-electron chi connectivity index (χ2n) is 6.67. The van der Waals surface area contributed by atoms with Crippen molar-refractivity contribution in [3.63, 3.8) is 0 Å². The van der Waals surface area contributed by atoms with Crippen molar-refractivity contribution in [3.05, 3.63) is 29.8 Å². The first kappa shape index (κ1) is 14.9. The van der Waals surface area contributed by atoms with Crippen molar-refractivity contribution < 1.29 is 14.2 Å². The van der Waals surface area contributed by atoms with E-state index in [2.05, 4.69) is 26.0 Å². The van der Waals surface area contributed by atoms with Gasteiger partial charge in [-0.1, -0.05) is 26.0 Å². The normalized spacial score (nSPS) is 33.6. The van der Waals surface area contributed by atoms with E-state index in [1.54, 1.807) is 0 Å². The number of rotatable bonds is 3. The molecule has 0 amide bonds. The molecule has 0 unspecified atom stereocenters. The highest BCUT2D eigenvalue weighted by Gasteiger charge is 2.22. The number of ether oxygens (including phenoxy) is 3. The minimum atomic E-state index is -0.217. The fraction of sp³-hybridized carbons (Fsp3) is 0.667. The fourth-order valence-electron chi connectivity index (χ4n) is 3.04. The van der Waals surface area contributed by atoms with Crippen LogP contribution in [0.25, 0.3) is 0 Å². The number of benzene rings is 1. The first-order chi connectivity index (χ1) is 10.2. The third-order valence-corrected chi connectivity index (χ3v) is 4.48. The van der Waals surface area contributed by atoms with Crippen LogP contribution in [0.2, 0.25) is 0 Å². The molecule has 1 aliphatic heterocycles. The van der Waals surface area contributed by atoms with Gasteiger partial charge in [0, 0.05) is 11.5 Å². The monoisotopic (exact) mass is 290 g/mol. The van der Waals surface area contributed by atoms with Crippen molar-refractivity contribution in [2.45, 2.75) is 51.9 Å². The lowest BCUT2D eigenvalue weighted by Gasteiger charge is -2.28. The lowest BCUT2D eigenvalue weighted by atomic mass is 9.89. The lowest BCUT2D eigenvalue weighted by Crippen LogP contribution is -2.25. The molecule has 2 fully saturated rings. The Bertz CT molecular complexity index is 426. The van der Waals surface area contributed by atoms with Crippen molar-refractivity contribution in [2.75, 3.05) is 13.2 Å². The predicted octanol–water partition coefficient (Wildman–Crippen LogP) is 4.33. The number of hydrogen-bond acceptors (Lipinski definition) is 3. The summed E-state index contributed by atoms with van der Waals surface area (Å²) in [6.45, 7) is 6.00. The molecule has 1 saturated carbocycles. The third kappa shape index (κ3) is 3.98. The molecule has 0 spiro atoms. The van der Waals surface area contributed by atoms with Crippen LogP contribution >= 0.6 is 0 Å². The minimum Gasteiger partial charge on any atom is -0.490 e. The second kappa shape index (κ2) is 6.80. The average Bonchev–Trinajstić information content (AvgIpc) is 2.51. The van der Waals surface area contributed by atoms with Crippen molar-refractivity contribution in [1.82, 2.24) is 0 Å². The highest BCUT2D eigenvalue weighted by atomic mass is 16.7. The van der Waals surface area contributed by atoms with Gasteiger partial charge in [0.25, 0.3) is 0 Å². The first-order valence-electron chi connectivity index (χ1n) is 8.20. The molecule has 1 aromatic rings. The van der Waals surface area contributed by atoms with Gasteiger partial charge in [0.05, 0.1) is 19.3 Å². The quantitative estimate of drug-likeness (QED) is 0.829. The van der Waals surface area contributed by atoms with E-state index in [1.165, 1.54) is 25.7 Å². The Morgan fingerprint density at radius 1 is 0.857 bits per heavy atom. The van der Waals surface area contributed by atoms with Gasteiger partial charge in [0.15, 0.2) is 6.29 Å². The molecule has 3 nitrogen and oxygen atoms in total. The van der Waals surface area contributed by atoms with Crippen LogP contribution in [-0.2, 0) is 9.47 Å². The summed E-state index contributed by atoms with van der Waals surface area (Å²) in [5.74, 6) is 2.30. The Balaban J connectivity index is 1.54. The molecule has 0 aromatic heterocycles. The lowest BCUT2D eigenvalue weighted by molar-refractivity contribution is -0.202. The molecular weight excluding hydrogens is 264 g/mol. The summed E-state index contributed by atoms with van der Waals surface area (Å²) >= 11 is 0. The van der Waals surface area contributed by atoms with E-state index < -0.39 is 0 Å². The van der Waals surface area contributed by atoms with E-state index in [0.717, 1.165) is 30.4 Å². The van der Waals surface area contributed by atoms with Gasteiger partial charge in [-0.25, -0.2) is 0 Å². The van der Waals surface area contributed by atoms with Crippen LogP contribution < -0.4 is 4.74 Å². The molecule has 0 bridgehead atoms. The van der Waals surface area contributed by atoms with E-state index in [9.17, 15) is 0 Å². The van der Waals surface area contributed by atoms with Crippen molar-refractivity contribution in [3.8, 4) is 5.75 Å². The van der Waals surface area contributed by atoms with Gasteiger partial charge in [-0.3, -0.25) is 0 Å². The zero-order chi connectivity index (χ0) is 14.7. The van der Waals surface area contributed by atoms with Gasteiger partial charge in [-0.2, -0.15) is 0 Å². The topological polar surface area (TPSA) is 27.7 Å². The SMILES string of the molecule is CC1CCC(Oc2ccc(C3OCC(C)CO3)cc2)CC1. The molecule has 1 heterocycles. The summed E-state index contributed by atoms with van der Waals surface area (Å²) in [4.78, 5) is 0. The molecule has 1 aliphatic carbocycles. The van der Waals surface area contributed by atoms with Gasteiger partial charge in [-0.15, -0.1) is 0 Å². The molecule has 0 radical (unpaired) electrons. The number of hydrogen-bond donors (Lipinski definition) is 0. The molecule has 0 N–H and O–H groups in total. The molecule has 1 saturated heterocycles. The molecular formula is C18H26O3. The van der Waals surface area contributed by atoms with E-state index in [1.807, 2.05) is 12.1 Å². The Hall–Kier alpha value is -1.06. The average molecular weight is 290 g/mol. The highest BCUT2D eigenvalue weighted by Crippen LogP contribution is 2.29. The highest BCUT2D eigenvalue weighted by molar-refractivity contribution is 5.28. The summed E-state index contributed by atoms with van der Waals surface area (Å²) in [6, 6.07) is 8.19. The Kier molecular flexibility index (Phi) is 4.81. The standard InChI is InChI=1S/C18H26O3/c1-13-3-7-16(8-4-13)21-17-9-5-15(6-10-17)18-19-11-14(2)12-20-18/h5-6,9-10,13-14,16,18H,3-4,7-8,11-12H2,1-2H3. The van der Waals surface area contributed by atoms with Gasteiger partial charge >= 0.3 is 0 Å². The van der Waals surface area contributed by atoms with Crippen molar-refractivity contribution in [2.24, 2.45) is 11.8 Å². The van der Waals surface area contributed by atoms with Crippen LogP contribution in [0.4, 0.5) is 0 Å². The molecule has 0 atom stereocenters. The van der Waals surface area contributed by atoms with E-state index in [-0.39, 0.29) is 6.29 Å². The van der Waals surface area contributed by atoms with Gasteiger partial charge in [0.2, 0.25) is 0 Å². The summed E-state index contributed by atoms with van der Waals surface area (Å²) in [5, 5.41) is 0. The predicted molar refractivity (Wildman–Crippen MR) is 82.3 cm³/mol. The molecule has 1 aromatic carbocycles. The van der Waals surface area contributed by atoms with Crippen molar-refractivity contribution >= 4 is 0 Å². The van der Waals surface area contributed by atoms with Crippen LogP contribution in [-0.4, -0.2) is 19.3 Å². The van der Waals surface area contributed by atoms with Crippen LogP contribution in [0.1, 0.15) is 51.4 Å². The maximum absolute atomic E-state index is 6.08. The second-order valence-corrected chi connectivity index (χ2v) is 6.67. The maximum Gasteiger partial charge on any atom is 0.183 e. The maximum atomic E-state index is 6.08. The Morgan fingerprint density at radius 2 is 1.48 bits per heavy atom. The summed E-state index contributed by atoms with van der Waals surface area (Å²) in [6.07, 6.45) is 5.08. The van der Waals surface area contributed by atoms with E-state index in [0.29, 0.717) is 12.0 Å². The zero-order valence-corrected chi connectivity index (χ0v) is 13.1. The fourth-order valence-corrected chi connectivity index (χ4v) is 3.04. The summed E-state index contributed by atoms with van der Waals surface area (Å²) in [5.41, 5.74) is 1.08. The smallest absolute Gasteiger partial charge is 0.183 e. The third-order valence-electron chi connectivity index (χ3n) is 4.48. The summed E-state index contributed by atoms with van der Waals surface area (Å²) < 4.78 is 17.5. The largest absolute Gasteiger partial charge is 0.490 e. The molecule has 2 aliphatic rings. The van der Waals surface area contributed by atoms with Crippen LogP contribution in [0.5, 0.6) is 5.75 Å². The van der Waals surface area contributed by atoms with Crippen LogP contribution in [0.3, 0.4) is 0 Å². The van der Waals surface area contributed by atoms with Gasteiger partial charge in [-0.05, 0) is 43.7 Å². The molecule has 21 heavy (non-hydrogen) atoms. The Labute approximate surface area is 127 Å². The van der Waals surface area contributed by atoms with E-state index >= 15 is 0 Å². The van der Waals surface area contributed by atoms with Crippen LogP contribution in [0, 0.1) is 11.8 Å². The summed E-state index contributed by atoms with van der Waals surface area (Å²) in [7, 11) is 0. The molecule has 116 valence electrons. The first-order valence-corrected chi connectivity index (χ1v) is 8.20. The Morgan fingerprint density at radius 3 is 2.10 bits per heavy atom. The molecule has 3 heteroatoms. The van der Waals surface area contributed by atoms with E-state index in [4.69, 9.17) is 14.2 Å². The van der Waals surface area contributed by atoms with Crippen LogP contribution in [0.15, 0.2) is 24.3 Å². The zero-order valence-electron chi connectivity index (χ0n) is 13.1. The van der Waals surface area contributed by atoms with Gasteiger partial charge in [0.1, 0.15) is 5.75 Å².